The minimum Gasteiger partial charge on any atom is -0.424 e. The maximum absolute atomic E-state index is 12.9. The molecule has 3 aromatic carbocycles. The van der Waals surface area contributed by atoms with Crippen LogP contribution in [0.15, 0.2) is 88.2 Å². The lowest BCUT2D eigenvalue weighted by atomic mass is 10.1. The summed E-state index contributed by atoms with van der Waals surface area (Å²) < 4.78 is 34.1. The molecule has 3 aromatic rings. The summed E-state index contributed by atoms with van der Waals surface area (Å²) in [7, 11) is -3.79. The van der Waals surface area contributed by atoms with Crippen LogP contribution in [-0.4, -0.2) is 32.7 Å². The van der Waals surface area contributed by atoms with Gasteiger partial charge in [0.05, 0.1) is 11.6 Å². The van der Waals surface area contributed by atoms with Gasteiger partial charge >= 0.3 is 5.97 Å². The van der Waals surface area contributed by atoms with Gasteiger partial charge in [-0.05, 0) is 36.4 Å². The van der Waals surface area contributed by atoms with E-state index in [-0.39, 0.29) is 35.4 Å². The van der Waals surface area contributed by atoms with E-state index < -0.39 is 21.9 Å². The number of fused-ring (bicyclic) bond motifs is 1. The van der Waals surface area contributed by atoms with Gasteiger partial charge in [0.25, 0.3) is 10.0 Å². The largest absolute Gasteiger partial charge is 0.424 e. The van der Waals surface area contributed by atoms with Crippen LogP contribution in [0.2, 0.25) is 0 Å². The number of carbonyl (C=O) groups excluding carboxylic acids is 2. The Bertz CT molecular complexity index is 1390. The van der Waals surface area contributed by atoms with E-state index in [2.05, 4.69) is 9.71 Å². The second-order valence-corrected chi connectivity index (χ2v) is 9.27. The Balaban J connectivity index is 1.34. The smallest absolute Gasteiger partial charge is 0.316 e. The van der Waals surface area contributed by atoms with Gasteiger partial charge in [-0.1, -0.05) is 42.5 Å². The van der Waals surface area contributed by atoms with Crippen molar-refractivity contribution in [3.05, 3.63) is 84.4 Å². The lowest BCUT2D eigenvalue weighted by Crippen LogP contribution is -2.27. The van der Waals surface area contributed by atoms with Gasteiger partial charge in [-0.15, -0.1) is 4.40 Å². The Morgan fingerprint density at radius 2 is 1.67 bits per heavy atom. The van der Waals surface area contributed by atoms with Crippen LogP contribution >= 0.6 is 0 Å². The number of ether oxygens (including phenoxy) is 1. The first-order valence-corrected chi connectivity index (χ1v) is 11.7. The Hall–Kier alpha value is -3.98. The number of hydrogen-bond donors (Lipinski definition) is 1. The molecule has 2 heterocycles. The molecule has 0 aliphatic carbocycles. The van der Waals surface area contributed by atoms with E-state index in [1.807, 2.05) is 30.3 Å². The molecule has 0 spiro atoms. The number of hydrogen-bond acceptors (Lipinski definition) is 6. The lowest BCUT2D eigenvalue weighted by Gasteiger charge is -2.17. The average Bonchev–Trinajstić information content (AvgIpc) is 3.33. The molecule has 1 amide bonds. The summed E-state index contributed by atoms with van der Waals surface area (Å²) >= 11 is 0. The number of nitrogens with zero attached hydrogens (tertiary/aromatic N) is 2. The predicted octanol–water partition coefficient (Wildman–Crippen LogP) is 3.21. The van der Waals surface area contributed by atoms with Crippen molar-refractivity contribution in [2.45, 2.75) is 11.3 Å². The minimum absolute atomic E-state index is 0.0572. The molecule has 9 heteroatoms. The molecule has 0 bridgehead atoms. The first kappa shape index (κ1) is 20.9. The summed E-state index contributed by atoms with van der Waals surface area (Å²) in [6.07, 6.45) is 0.0572. The quantitative estimate of drug-likeness (QED) is 0.473. The van der Waals surface area contributed by atoms with Crippen LogP contribution in [0.4, 0.5) is 11.4 Å². The van der Waals surface area contributed by atoms with Crippen LogP contribution in [0, 0.1) is 5.92 Å². The molecule has 8 nitrogen and oxygen atoms in total. The molecular formula is C24H19N3O5S. The van der Waals surface area contributed by atoms with Gasteiger partial charge < -0.3 is 15.0 Å². The Morgan fingerprint density at radius 3 is 2.48 bits per heavy atom. The average molecular weight is 461 g/mol. The van der Waals surface area contributed by atoms with Gasteiger partial charge in [-0.25, -0.2) is 0 Å². The van der Waals surface area contributed by atoms with Crippen molar-refractivity contribution in [1.82, 2.24) is 0 Å². The highest BCUT2D eigenvalue weighted by Gasteiger charge is 2.37. The van der Waals surface area contributed by atoms with Gasteiger partial charge in [0.15, 0.2) is 11.6 Å². The third-order valence-corrected chi connectivity index (χ3v) is 6.84. The minimum atomic E-state index is -3.79. The number of rotatable bonds is 4. The molecule has 2 aliphatic rings. The SMILES string of the molecule is O=C(Oc1ccccc1NC1=NS(=O)(=O)c2ccccc21)[C@H]1CC(=O)N(c2ccccc2)C1. The molecule has 0 unspecified atom stereocenters. The monoisotopic (exact) mass is 461 g/mol. The molecule has 1 atom stereocenters. The zero-order valence-corrected chi connectivity index (χ0v) is 18.2. The van der Waals surface area contributed by atoms with Crippen molar-refractivity contribution in [1.29, 1.82) is 0 Å². The van der Waals surface area contributed by atoms with E-state index in [0.717, 1.165) is 5.69 Å². The van der Waals surface area contributed by atoms with Crippen LogP contribution in [0.5, 0.6) is 5.75 Å². The van der Waals surface area contributed by atoms with E-state index >= 15 is 0 Å². The standard InChI is InChI=1S/C24H19N3O5S/c28-22-14-16(15-27(22)17-8-2-1-3-9-17)24(29)32-20-12-6-5-11-19(20)25-23-18-10-4-7-13-21(18)33(30,31)26-23/h1-13,16H,14-15H2,(H,25,26)/t16-/m0/s1. The summed E-state index contributed by atoms with van der Waals surface area (Å²) in [5, 5.41) is 2.98. The fourth-order valence-electron chi connectivity index (χ4n) is 3.90. The molecule has 0 saturated carbocycles. The number of benzene rings is 3. The van der Waals surface area contributed by atoms with Crippen LogP contribution in [0.25, 0.3) is 0 Å². The van der Waals surface area contributed by atoms with Crippen molar-refractivity contribution < 1.29 is 22.7 Å². The third kappa shape index (κ3) is 3.98. The Morgan fingerprint density at radius 1 is 0.970 bits per heavy atom. The summed E-state index contributed by atoms with van der Waals surface area (Å²) in [5.74, 6) is -0.914. The summed E-state index contributed by atoms with van der Waals surface area (Å²) in [5.41, 5.74) is 1.57. The molecule has 2 aliphatic heterocycles. The molecule has 1 saturated heterocycles. The second-order valence-electron chi connectivity index (χ2n) is 7.69. The van der Waals surface area contributed by atoms with Crippen molar-refractivity contribution >= 4 is 39.1 Å². The molecule has 1 N–H and O–H groups in total. The highest BCUT2D eigenvalue weighted by atomic mass is 32.2. The number of nitrogens with one attached hydrogen (secondary N) is 1. The first-order chi connectivity index (χ1) is 15.9. The Kier molecular flexibility index (Phi) is 5.18. The van der Waals surface area contributed by atoms with Crippen LogP contribution in [0.1, 0.15) is 12.0 Å². The van der Waals surface area contributed by atoms with Gasteiger partial charge in [0.1, 0.15) is 4.90 Å². The predicted molar refractivity (Wildman–Crippen MR) is 123 cm³/mol. The van der Waals surface area contributed by atoms with E-state index in [1.54, 1.807) is 47.4 Å². The fourth-order valence-corrected chi connectivity index (χ4v) is 5.07. The summed E-state index contributed by atoms with van der Waals surface area (Å²) in [6, 6.07) is 22.3. The number of esters is 1. The molecule has 166 valence electrons. The molecule has 1 fully saturated rings. The van der Waals surface area contributed by atoms with Gasteiger partial charge in [0.2, 0.25) is 5.91 Å². The number of amidine groups is 1. The van der Waals surface area contributed by atoms with E-state index in [9.17, 15) is 18.0 Å². The van der Waals surface area contributed by atoms with Crippen molar-refractivity contribution in [2.24, 2.45) is 10.3 Å². The van der Waals surface area contributed by atoms with Crippen molar-refractivity contribution in [3.8, 4) is 5.75 Å². The number of amides is 1. The van der Waals surface area contributed by atoms with E-state index in [1.165, 1.54) is 6.07 Å². The third-order valence-electron chi connectivity index (χ3n) is 5.51. The topological polar surface area (TPSA) is 105 Å². The number of carbonyl (C=O) groups is 2. The zero-order valence-electron chi connectivity index (χ0n) is 17.3. The van der Waals surface area contributed by atoms with Gasteiger partial charge in [-0.3, -0.25) is 9.59 Å². The molecule has 0 aromatic heterocycles. The maximum atomic E-state index is 12.9. The van der Waals surface area contributed by atoms with E-state index in [4.69, 9.17) is 4.74 Å². The highest BCUT2D eigenvalue weighted by molar-refractivity contribution is 7.90. The number of anilines is 2. The first-order valence-electron chi connectivity index (χ1n) is 10.3. The number of para-hydroxylation sites is 3. The van der Waals surface area contributed by atoms with Crippen LogP contribution < -0.4 is 15.0 Å². The second kappa shape index (κ2) is 8.18. The summed E-state index contributed by atoms with van der Waals surface area (Å²) in [6.45, 7) is 0.232. The molecule has 0 radical (unpaired) electrons. The van der Waals surface area contributed by atoms with E-state index in [0.29, 0.717) is 11.3 Å². The lowest BCUT2D eigenvalue weighted by molar-refractivity contribution is -0.139. The normalized spacial score (nSPS) is 18.5. The Labute approximate surface area is 190 Å². The van der Waals surface area contributed by atoms with Crippen LogP contribution in [-0.2, 0) is 19.6 Å². The van der Waals surface area contributed by atoms with Gasteiger partial charge in [0, 0.05) is 24.2 Å². The zero-order chi connectivity index (χ0) is 23.0. The van der Waals surface area contributed by atoms with Crippen molar-refractivity contribution in [2.75, 3.05) is 16.8 Å². The molecule has 33 heavy (non-hydrogen) atoms. The maximum Gasteiger partial charge on any atom is 0.316 e. The highest BCUT2D eigenvalue weighted by Crippen LogP contribution is 2.32. The fraction of sp³-hybridized carbons (Fsp3) is 0.125. The molecule has 5 rings (SSSR count). The van der Waals surface area contributed by atoms with Crippen molar-refractivity contribution in [3.63, 3.8) is 0 Å². The molecular weight excluding hydrogens is 442 g/mol. The summed E-state index contributed by atoms with van der Waals surface area (Å²) in [4.78, 5) is 27.0. The number of sulfonamides is 1. The van der Waals surface area contributed by atoms with Crippen LogP contribution in [0.3, 0.4) is 0 Å². The van der Waals surface area contributed by atoms with Gasteiger partial charge in [-0.2, -0.15) is 8.42 Å².